The van der Waals surface area contributed by atoms with Crippen LogP contribution in [0.3, 0.4) is 0 Å². The van der Waals surface area contributed by atoms with Gasteiger partial charge in [-0.3, -0.25) is 5.10 Å². The van der Waals surface area contributed by atoms with E-state index in [1.54, 1.807) is 0 Å². The monoisotopic (exact) mass is 96.1 g/mol. The summed E-state index contributed by atoms with van der Waals surface area (Å²) in [6, 6.07) is 0. The van der Waals surface area contributed by atoms with E-state index >= 15 is 0 Å². The third-order valence-corrected chi connectivity index (χ3v) is 0.822. The van der Waals surface area contributed by atoms with Gasteiger partial charge in [-0.05, 0) is 13.8 Å². The summed E-state index contributed by atoms with van der Waals surface area (Å²) in [6.45, 7) is 5.45. The van der Waals surface area contributed by atoms with Crippen molar-refractivity contribution in [2.24, 2.45) is 0 Å². The molecule has 0 spiro atoms. The number of hydrogen-bond acceptors (Lipinski definition) is 2. The lowest BCUT2D eigenvalue weighted by Gasteiger charge is -1.75. The number of aromatic nitrogens is 3. The first-order valence-electron chi connectivity index (χ1n) is 2.00. The molecule has 1 radical (unpaired) electrons. The van der Waals surface area contributed by atoms with Crippen LogP contribution in [0.1, 0.15) is 11.4 Å². The van der Waals surface area contributed by atoms with E-state index in [0.29, 0.717) is 0 Å². The van der Waals surface area contributed by atoms with Crippen LogP contribution in [0.15, 0.2) is 0 Å². The maximum atomic E-state index is 3.65. The minimum Gasteiger partial charge on any atom is -0.262 e. The predicted molar refractivity (Wildman–Crippen MR) is 25.6 cm³/mol. The SMILES string of the molecule is [CH2]c1[nH]nnc1C. The van der Waals surface area contributed by atoms with Gasteiger partial charge in [-0.15, -0.1) is 5.10 Å². The second kappa shape index (κ2) is 1.33. The Kier molecular flexibility index (Phi) is 0.817. The van der Waals surface area contributed by atoms with Gasteiger partial charge in [-0.2, -0.15) is 0 Å². The van der Waals surface area contributed by atoms with Crippen molar-refractivity contribution in [3.63, 3.8) is 0 Å². The fraction of sp³-hybridized carbons (Fsp3) is 0.250. The molecule has 3 nitrogen and oxygen atoms in total. The Morgan fingerprint density at radius 3 is 2.57 bits per heavy atom. The molecule has 0 aliphatic heterocycles. The first kappa shape index (κ1) is 4.30. The summed E-state index contributed by atoms with van der Waals surface area (Å²) in [5, 5.41) is 9.73. The fourth-order valence-corrected chi connectivity index (χ4v) is 0.302. The molecule has 3 heteroatoms. The summed E-state index contributed by atoms with van der Waals surface area (Å²) in [5.41, 5.74) is 1.65. The van der Waals surface area contributed by atoms with Crippen molar-refractivity contribution in [3.8, 4) is 0 Å². The van der Waals surface area contributed by atoms with E-state index in [1.807, 2.05) is 6.92 Å². The molecule has 0 aliphatic carbocycles. The molecular weight excluding hydrogens is 90.1 g/mol. The van der Waals surface area contributed by atoms with E-state index in [0.717, 1.165) is 11.4 Å². The van der Waals surface area contributed by atoms with Gasteiger partial charge in [0, 0.05) is 0 Å². The average molecular weight is 96.1 g/mol. The van der Waals surface area contributed by atoms with Crippen LogP contribution in [0.5, 0.6) is 0 Å². The maximum Gasteiger partial charge on any atom is 0.0825 e. The van der Waals surface area contributed by atoms with Crippen LogP contribution in [0, 0.1) is 13.8 Å². The first-order valence-corrected chi connectivity index (χ1v) is 2.00. The molecule has 1 rings (SSSR count). The molecule has 1 aromatic rings. The van der Waals surface area contributed by atoms with Crippen molar-refractivity contribution < 1.29 is 0 Å². The van der Waals surface area contributed by atoms with Crippen LogP contribution in [-0.2, 0) is 0 Å². The van der Waals surface area contributed by atoms with Gasteiger partial charge < -0.3 is 0 Å². The number of aromatic amines is 1. The van der Waals surface area contributed by atoms with E-state index in [-0.39, 0.29) is 0 Å². The standard InChI is InChI=1S/C4H6N3/c1-3-4(2)6-7-5-3/h1H2,2H3,(H,5,6,7). The Morgan fingerprint density at radius 2 is 2.43 bits per heavy atom. The molecule has 0 aromatic carbocycles. The Morgan fingerprint density at radius 1 is 1.71 bits per heavy atom. The third-order valence-electron chi connectivity index (χ3n) is 0.822. The number of nitrogens with one attached hydrogen (secondary N) is 1. The zero-order chi connectivity index (χ0) is 5.28. The second-order valence-electron chi connectivity index (χ2n) is 1.38. The normalized spacial score (nSPS) is 9.43. The molecule has 0 saturated carbocycles. The highest BCUT2D eigenvalue weighted by Gasteiger charge is 1.89. The first-order chi connectivity index (χ1) is 3.30. The molecular formula is C4H6N3. The number of rotatable bonds is 0. The number of H-pyrrole nitrogens is 1. The van der Waals surface area contributed by atoms with Gasteiger partial charge in [0.05, 0.1) is 11.4 Å². The molecule has 1 aromatic heterocycles. The molecule has 0 fully saturated rings. The summed E-state index contributed by atoms with van der Waals surface area (Å²) in [5.74, 6) is 0. The highest BCUT2D eigenvalue weighted by molar-refractivity contribution is 5.07. The average Bonchev–Trinajstić information content (AvgIpc) is 1.91. The van der Waals surface area contributed by atoms with Crippen LogP contribution in [0.4, 0.5) is 0 Å². The molecule has 0 bridgehead atoms. The molecule has 0 saturated heterocycles. The van der Waals surface area contributed by atoms with Crippen molar-refractivity contribution in [1.29, 1.82) is 0 Å². The van der Waals surface area contributed by atoms with Gasteiger partial charge in [0.15, 0.2) is 0 Å². The molecule has 0 amide bonds. The summed E-state index contributed by atoms with van der Waals surface area (Å²) >= 11 is 0. The highest BCUT2D eigenvalue weighted by Crippen LogP contribution is 1.91. The third kappa shape index (κ3) is 0.607. The van der Waals surface area contributed by atoms with Crippen LogP contribution in [0.25, 0.3) is 0 Å². The van der Waals surface area contributed by atoms with Gasteiger partial charge >= 0.3 is 0 Å². The zero-order valence-electron chi connectivity index (χ0n) is 4.10. The number of nitrogens with zero attached hydrogens (tertiary/aromatic N) is 2. The lowest BCUT2D eigenvalue weighted by molar-refractivity contribution is 0.925. The van der Waals surface area contributed by atoms with Gasteiger partial charge in [0.1, 0.15) is 0 Å². The van der Waals surface area contributed by atoms with E-state index in [4.69, 9.17) is 0 Å². The van der Waals surface area contributed by atoms with Crippen molar-refractivity contribution in [2.45, 2.75) is 6.92 Å². The predicted octanol–water partition coefficient (Wildman–Crippen LogP) is 0.295. The van der Waals surface area contributed by atoms with E-state index in [9.17, 15) is 0 Å². The highest BCUT2D eigenvalue weighted by atomic mass is 15.3. The largest absolute Gasteiger partial charge is 0.262 e. The van der Waals surface area contributed by atoms with Crippen LogP contribution in [0.2, 0.25) is 0 Å². The van der Waals surface area contributed by atoms with Crippen molar-refractivity contribution in [3.05, 3.63) is 18.3 Å². The Labute approximate surface area is 41.7 Å². The smallest absolute Gasteiger partial charge is 0.0825 e. The van der Waals surface area contributed by atoms with Crippen molar-refractivity contribution in [2.75, 3.05) is 0 Å². The van der Waals surface area contributed by atoms with Crippen LogP contribution in [-0.4, -0.2) is 15.4 Å². The molecule has 0 unspecified atom stereocenters. The zero-order valence-corrected chi connectivity index (χ0v) is 4.10. The van der Waals surface area contributed by atoms with Crippen LogP contribution >= 0.6 is 0 Å². The summed E-state index contributed by atoms with van der Waals surface area (Å²) in [4.78, 5) is 0. The molecule has 37 valence electrons. The van der Waals surface area contributed by atoms with E-state index in [2.05, 4.69) is 22.3 Å². The van der Waals surface area contributed by atoms with Crippen molar-refractivity contribution in [1.82, 2.24) is 15.4 Å². The lowest BCUT2D eigenvalue weighted by atomic mass is 10.4. The van der Waals surface area contributed by atoms with Gasteiger partial charge in [0.25, 0.3) is 0 Å². The summed E-state index contributed by atoms with van der Waals surface area (Å²) < 4.78 is 0. The topological polar surface area (TPSA) is 41.6 Å². The van der Waals surface area contributed by atoms with Crippen molar-refractivity contribution >= 4 is 0 Å². The Balaban J connectivity index is 3.12. The Hall–Kier alpha value is -0.860. The van der Waals surface area contributed by atoms with E-state index < -0.39 is 0 Å². The quantitative estimate of drug-likeness (QED) is 0.504. The van der Waals surface area contributed by atoms with Crippen LogP contribution < -0.4 is 0 Å². The number of hydrogen-bond donors (Lipinski definition) is 1. The minimum absolute atomic E-state index is 0.792. The maximum absolute atomic E-state index is 3.65. The molecule has 0 aliphatic rings. The summed E-state index contributed by atoms with van der Waals surface area (Å²) in [6.07, 6.45) is 0. The van der Waals surface area contributed by atoms with Gasteiger partial charge in [-0.25, -0.2) is 0 Å². The van der Waals surface area contributed by atoms with Gasteiger partial charge in [0.2, 0.25) is 0 Å². The lowest BCUT2D eigenvalue weighted by Crippen LogP contribution is -1.71. The van der Waals surface area contributed by atoms with Gasteiger partial charge in [-0.1, -0.05) is 5.21 Å². The summed E-state index contributed by atoms with van der Waals surface area (Å²) in [7, 11) is 0. The molecule has 1 heterocycles. The van der Waals surface area contributed by atoms with E-state index in [1.165, 1.54) is 0 Å². The minimum atomic E-state index is 0.792. The molecule has 0 atom stereocenters. The molecule has 1 N–H and O–H groups in total. The Bertz CT molecular complexity index is 139. The fourth-order valence-electron chi connectivity index (χ4n) is 0.302. The number of aryl methyl sites for hydroxylation is 1. The second-order valence-corrected chi connectivity index (χ2v) is 1.38. The molecule has 7 heavy (non-hydrogen) atoms.